The van der Waals surface area contributed by atoms with Crippen molar-refractivity contribution >= 4 is 0 Å². The fourth-order valence-corrected chi connectivity index (χ4v) is 3.74. The molecule has 1 fully saturated rings. The maximum atomic E-state index is 3.48. The molecule has 104 valence electrons. The second-order valence-corrected chi connectivity index (χ2v) is 6.28. The Hall–Kier alpha value is -0.860. The zero-order valence-corrected chi connectivity index (χ0v) is 12.3. The molecule has 0 saturated carbocycles. The van der Waals surface area contributed by atoms with Crippen molar-refractivity contribution in [2.75, 3.05) is 6.54 Å². The summed E-state index contributed by atoms with van der Waals surface area (Å²) in [5, 5.41) is 3.48. The minimum Gasteiger partial charge on any atom is -0.312 e. The number of rotatable bonds is 2. The van der Waals surface area contributed by atoms with Crippen molar-refractivity contribution < 1.29 is 0 Å². The lowest BCUT2D eigenvalue weighted by Gasteiger charge is -2.39. The van der Waals surface area contributed by atoms with Gasteiger partial charge < -0.3 is 5.32 Å². The molecular formula is C17H26N2. The summed E-state index contributed by atoms with van der Waals surface area (Å²) in [6.07, 6.45) is 5.32. The molecule has 2 aliphatic heterocycles. The predicted octanol–water partition coefficient (Wildman–Crippen LogP) is 3.10. The maximum absolute atomic E-state index is 3.48. The molecule has 0 bridgehead atoms. The SMILES string of the molecule is CC1CCCC(C)N1Cc1cccc2c1CCNC2. The third-order valence-electron chi connectivity index (χ3n) is 4.97. The average molecular weight is 258 g/mol. The van der Waals surface area contributed by atoms with E-state index in [0.29, 0.717) is 0 Å². The van der Waals surface area contributed by atoms with E-state index in [1.165, 1.54) is 31.2 Å². The van der Waals surface area contributed by atoms with Crippen molar-refractivity contribution in [2.45, 2.75) is 64.7 Å². The van der Waals surface area contributed by atoms with Gasteiger partial charge in [0.05, 0.1) is 0 Å². The second-order valence-electron chi connectivity index (χ2n) is 6.28. The molecule has 2 unspecified atom stereocenters. The number of hydrogen-bond donors (Lipinski definition) is 1. The van der Waals surface area contributed by atoms with Gasteiger partial charge in [-0.1, -0.05) is 24.6 Å². The van der Waals surface area contributed by atoms with Crippen molar-refractivity contribution in [2.24, 2.45) is 0 Å². The summed E-state index contributed by atoms with van der Waals surface area (Å²) in [6, 6.07) is 8.34. The van der Waals surface area contributed by atoms with Gasteiger partial charge in [-0.05, 0) is 56.3 Å². The first-order valence-corrected chi connectivity index (χ1v) is 7.82. The molecule has 1 aromatic carbocycles. The zero-order chi connectivity index (χ0) is 13.2. The monoisotopic (exact) mass is 258 g/mol. The van der Waals surface area contributed by atoms with Crippen molar-refractivity contribution in [1.29, 1.82) is 0 Å². The number of fused-ring (bicyclic) bond motifs is 1. The van der Waals surface area contributed by atoms with Crippen LogP contribution in [0.5, 0.6) is 0 Å². The Labute approximate surface area is 117 Å². The molecule has 2 aliphatic rings. The number of hydrogen-bond acceptors (Lipinski definition) is 2. The Morgan fingerprint density at radius 1 is 1.21 bits per heavy atom. The fraction of sp³-hybridized carbons (Fsp3) is 0.647. The Morgan fingerprint density at radius 2 is 2.00 bits per heavy atom. The summed E-state index contributed by atoms with van der Waals surface area (Å²) in [5.74, 6) is 0. The molecule has 1 N–H and O–H groups in total. The van der Waals surface area contributed by atoms with Crippen LogP contribution in [0.2, 0.25) is 0 Å². The van der Waals surface area contributed by atoms with Crippen LogP contribution in [0, 0.1) is 0 Å². The van der Waals surface area contributed by atoms with Gasteiger partial charge in [0.25, 0.3) is 0 Å². The van der Waals surface area contributed by atoms with E-state index < -0.39 is 0 Å². The number of piperidine rings is 1. The highest BCUT2D eigenvalue weighted by Crippen LogP contribution is 2.27. The Bertz CT molecular complexity index is 431. The third kappa shape index (κ3) is 2.70. The lowest BCUT2D eigenvalue weighted by molar-refractivity contribution is 0.0949. The fourth-order valence-electron chi connectivity index (χ4n) is 3.74. The third-order valence-corrected chi connectivity index (χ3v) is 4.97. The van der Waals surface area contributed by atoms with Gasteiger partial charge >= 0.3 is 0 Å². The molecule has 2 heterocycles. The minimum atomic E-state index is 0.737. The van der Waals surface area contributed by atoms with Gasteiger partial charge in [-0.2, -0.15) is 0 Å². The first-order chi connectivity index (χ1) is 9.25. The van der Waals surface area contributed by atoms with Crippen LogP contribution in [0.15, 0.2) is 18.2 Å². The van der Waals surface area contributed by atoms with Gasteiger partial charge in [0.1, 0.15) is 0 Å². The van der Waals surface area contributed by atoms with Gasteiger partial charge in [-0.3, -0.25) is 4.90 Å². The quantitative estimate of drug-likeness (QED) is 0.877. The van der Waals surface area contributed by atoms with Crippen LogP contribution in [0.1, 0.15) is 49.8 Å². The van der Waals surface area contributed by atoms with Crippen LogP contribution < -0.4 is 5.32 Å². The summed E-state index contributed by atoms with van der Waals surface area (Å²) in [7, 11) is 0. The molecule has 0 radical (unpaired) electrons. The number of likely N-dealkylation sites (tertiary alicyclic amines) is 1. The van der Waals surface area contributed by atoms with E-state index >= 15 is 0 Å². The van der Waals surface area contributed by atoms with Gasteiger partial charge in [0.15, 0.2) is 0 Å². The van der Waals surface area contributed by atoms with Crippen LogP contribution in [-0.4, -0.2) is 23.5 Å². The molecule has 1 aromatic rings. The van der Waals surface area contributed by atoms with Gasteiger partial charge in [0, 0.05) is 25.2 Å². The highest BCUT2D eigenvalue weighted by molar-refractivity contribution is 5.37. The van der Waals surface area contributed by atoms with Crippen molar-refractivity contribution in [3.05, 3.63) is 34.9 Å². The molecule has 3 rings (SSSR count). The van der Waals surface area contributed by atoms with E-state index in [0.717, 1.165) is 31.7 Å². The predicted molar refractivity (Wildman–Crippen MR) is 80.2 cm³/mol. The molecule has 0 spiro atoms. The van der Waals surface area contributed by atoms with Crippen molar-refractivity contribution in [1.82, 2.24) is 10.2 Å². The summed E-state index contributed by atoms with van der Waals surface area (Å²) in [5.41, 5.74) is 4.70. The molecule has 2 atom stereocenters. The molecule has 2 nitrogen and oxygen atoms in total. The maximum Gasteiger partial charge on any atom is 0.0242 e. The average Bonchev–Trinajstić information content (AvgIpc) is 2.43. The van der Waals surface area contributed by atoms with Gasteiger partial charge in [0.2, 0.25) is 0 Å². The molecule has 0 aromatic heterocycles. The Kier molecular flexibility index (Phi) is 3.90. The summed E-state index contributed by atoms with van der Waals surface area (Å²) >= 11 is 0. The van der Waals surface area contributed by atoms with Crippen molar-refractivity contribution in [3.63, 3.8) is 0 Å². The number of benzene rings is 1. The van der Waals surface area contributed by atoms with Crippen LogP contribution in [0.4, 0.5) is 0 Å². The van der Waals surface area contributed by atoms with Crippen LogP contribution >= 0.6 is 0 Å². The van der Waals surface area contributed by atoms with Crippen LogP contribution in [0.3, 0.4) is 0 Å². The number of nitrogens with one attached hydrogen (secondary N) is 1. The van der Waals surface area contributed by atoms with E-state index in [9.17, 15) is 0 Å². The van der Waals surface area contributed by atoms with E-state index in [4.69, 9.17) is 0 Å². The Morgan fingerprint density at radius 3 is 2.79 bits per heavy atom. The lowest BCUT2D eigenvalue weighted by atomic mass is 9.92. The molecule has 0 aliphatic carbocycles. The normalized spacial score (nSPS) is 28.1. The van der Waals surface area contributed by atoms with Crippen molar-refractivity contribution in [3.8, 4) is 0 Å². The number of nitrogens with zero attached hydrogens (tertiary/aromatic N) is 1. The molecule has 0 amide bonds. The molecule has 1 saturated heterocycles. The van der Waals surface area contributed by atoms with Crippen LogP contribution in [0.25, 0.3) is 0 Å². The first-order valence-electron chi connectivity index (χ1n) is 7.82. The Balaban J connectivity index is 1.82. The van der Waals surface area contributed by atoms with E-state index in [1.807, 2.05) is 0 Å². The van der Waals surface area contributed by atoms with E-state index in [2.05, 4.69) is 42.3 Å². The topological polar surface area (TPSA) is 15.3 Å². The molecular weight excluding hydrogens is 232 g/mol. The van der Waals surface area contributed by atoms with Gasteiger partial charge in [-0.15, -0.1) is 0 Å². The standard InChI is InChI=1S/C17H26N2/c1-13-5-3-6-14(2)19(13)12-16-8-4-7-15-11-18-10-9-17(15)16/h4,7-8,13-14,18H,3,5-6,9-12H2,1-2H3. The summed E-state index contributed by atoms with van der Waals surface area (Å²) in [4.78, 5) is 2.71. The molecule has 2 heteroatoms. The smallest absolute Gasteiger partial charge is 0.0242 e. The highest BCUT2D eigenvalue weighted by atomic mass is 15.2. The highest BCUT2D eigenvalue weighted by Gasteiger charge is 2.25. The summed E-state index contributed by atoms with van der Waals surface area (Å²) < 4.78 is 0. The lowest BCUT2D eigenvalue weighted by Crippen LogP contribution is -2.43. The van der Waals surface area contributed by atoms with Crippen LogP contribution in [-0.2, 0) is 19.5 Å². The second kappa shape index (κ2) is 5.64. The van der Waals surface area contributed by atoms with E-state index in [1.54, 1.807) is 11.1 Å². The minimum absolute atomic E-state index is 0.737. The summed E-state index contributed by atoms with van der Waals surface area (Å²) in [6.45, 7) is 8.12. The van der Waals surface area contributed by atoms with E-state index in [-0.39, 0.29) is 0 Å². The van der Waals surface area contributed by atoms with Gasteiger partial charge in [-0.25, -0.2) is 0 Å². The largest absolute Gasteiger partial charge is 0.312 e. The molecule has 19 heavy (non-hydrogen) atoms. The zero-order valence-electron chi connectivity index (χ0n) is 12.3. The first kappa shape index (κ1) is 13.1.